The lowest BCUT2D eigenvalue weighted by Gasteiger charge is -2.28. The third kappa shape index (κ3) is 4.27. The average Bonchev–Trinajstić information content (AvgIpc) is 3.10. The molecule has 2 aliphatic heterocycles. The average molecular weight is 339 g/mol. The molecule has 0 bridgehead atoms. The number of hydrogen-bond acceptors (Lipinski definition) is 6. The predicted molar refractivity (Wildman–Crippen MR) is 98.8 cm³/mol. The lowest BCUT2D eigenvalue weighted by atomic mass is 10.2. The van der Waals surface area contributed by atoms with Crippen molar-refractivity contribution >= 4 is 11.8 Å². The Morgan fingerprint density at radius 3 is 2.76 bits per heavy atom. The number of benzene rings is 1. The number of hydrogen-bond donors (Lipinski definition) is 1. The van der Waals surface area contributed by atoms with Crippen LogP contribution in [0, 0.1) is 0 Å². The summed E-state index contributed by atoms with van der Waals surface area (Å²) in [5, 5.41) is 3.51. The molecular weight excluding hydrogens is 314 g/mol. The molecule has 25 heavy (non-hydrogen) atoms. The van der Waals surface area contributed by atoms with Crippen molar-refractivity contribution in [2.24, 2.45) is 0 Å². The number of nitrogens with one attached hydrogen (secondary N) is 1. The van der Waals surface area contributed by atoms with E-state index in [1.54, 1.807) is 0 Å². The maximum Gasteiger partial charge on any atom is 0.224 e. The molecule has 0 spiro atoms. The van der Waals surface area contributed by atoms with Gasteiger partial charge in [-0.2, -0.15) is 4.98 Å². The van der Waals surface area contributed by atoms with E-state index in [1.165, 1.54) is 5.56 Å². The van der Waals surface area contributed by atoms with Crippen LogP contribution in [-0.2, 0) is 11.3 Å². The van der Waals surface area contributed by atoms with Crippen LogP contribution in [-0.4, -0.2) is 60.3 Å². The van der Waals surface area contributed by atoms with Gasteiger partial charge in [-0.25, -0.2) is 4.98 Å². The zero-order valence-electron chi connectivity index (χ0n) is 14.5. The van der Waals surface area contributed by atoms with Crippen molar-refractivity contribution in [3.8, 4) is 0 Å². The zero-order valence-corrected chi connectivity index (χ0v) is 14.5. The third-order valence-corrected chi connectivity index (χ3v) is 4.83. The zero-order chi connectivity index (χ0) is 16.9. The normalized spacial score (nSPS) is 21.4. The Morgan fingerprint density at radius 1 is 1.08 bits per heavy atom. The second-order valence-corrected chi connectivity index (χ2v) is 6.69. The quantitative estimate of drug-likeness (QED) is 0.899. The highest BCUT2D eigenvalue weighted by Gasteiger charge is 2.23. The van der Waals surface area contributed by atoms with Gasteiger partial charge < -0.3 is 15.0 Å². The minimum absolute atomic E-state index is 0.406. The molecule has 1 aromatic heterocycles. The summed E-state index contributed by atoms with van der Waals surface area (Å²) in [6.07, 6.45) is 2.97. The van der Waals surface area contributed by atoms with Gasteiger partial charge in [0.25, 0.3) is 0 Å². The number of ether oxygens (including phenoxy) is 1. The molecule has 2 fully saturated rings. The summed E-state index contributed by atoms with van der Waals surface area (Å²) < 4.78 is 5.41. The summed E-state index contributed by atoms with van der Waals surface area (Å²) in [4.78, 5) is 13.8. The minimum Gasteiger partial charge on any atom is -0.378 e. The smallest absolute Gasteiger partial charge is 0.224 e. The van der Waals surface area contributed by atoms with Gasteiger partial charge in [0.05, 0.1) is 13.2 Å². The van der Waals surface area contributed by atoms with Crippen molar-refractivity contribution in [2.75, 3.05) is 49.6 Å². The molecule has 1 aromatic carbocycles. The Bertz CT molecular complexity index is 675. The van der Waals surface area contributed by atoms with Crippen molar-refractivity contribution in [3.63, 3.8) is 0 Å². The molecule has 2 saturated heterocycles. The van der Waals surface area contributed by atoms with E-state index in [0.29, 0.717) is 6.04 Å². The summed E-state index contributed by atoms with van der Waals surface area (Å²) in [7, 11) is 0. The van der Waals surface area contributed by atoms with Crippen molar-refractivity contribution in [3.05, 3.63) is 48.2 Å². The van der Waals surface area contributed by atoms with Gasteiger partial charge in [-0.05, 0) is 18.1 Å². The molecule has 3 heterocycles. The van der Waals surface area contributed by atoms with E-state index in [9.17, 15) is 0 Å². The maximum atomic E-state index is 5.41. The molecule has 4 rings (SSSR count). The molecule has 1 N–H and O–H groups in total. The summed E-state index contributed by atoms with van der Waals surface area (Å²) in [6.45, 7) is 6.46. The van der Waals surface area contributed by atoms with Gasteiger partial charge in [0.2, 0.25) is 5.95 Å². The van der Waals surface area contributed by atoms with Crippen LogP contribution in [0.4, 0.5) is 11.8 Å². The standard InChI is InChI=1S/C19H25N5O/c1-2-4-16(5-3-1)14-23-9-7-17(15-23)21-19-20-8-6-18(22-19)24-10-12-25-13-11-24/h1-6,8,17H,7,9-15H2,(H,20,21,22). The molecule has 6 heteroatoms. The lowest BCUT2D eigenvalue weighted by molar-refractivity contribution is 0.122. The van der Waals surface area contributed by atoms with E-state index in [-0.39, 0.29) is 0 Å². The first kappa shape index (κ1) is 16.3. The van der Waals surface area contributed by atoms with Crippen LogP contribution in [0.15, 0.2) is 42.6 Å². The largest absolute Gasteiger partial charge is 0.378 e. The van der Waals surface area contributed by atoms with Crippen molar-refractivity contribution in [1.29, 1.82) is 0 Å². The molecule has 132 valence electrons. The van der Waals surface area contributed by atoms with E-state index < -0.39 is 0 Å². The molecular formula is C19H25N5O. The van der Waals surface area contributed by atoms with Crippen LogP contribution in [0.3, 0.4) is 0 Å². The first-order valence-electron chi connectivity index (χ1n) is 9.05. The fourth-order valence-electron chi connectivity index (χ4n) is 3.51. The number of aromatic nitrogens is 2. The first-order chi connectivity index (χ1) is 12.4. The van der Waals surface area contributed by atoms with Gasteiger partial charge in [-0.3, -0.25) is 4.90 Å². The molecule has 1 unspecified atom stereocenters. The van der Waals surface area contributed by atoms with Crippen molar-refractivity contribution in [1.82, 2.24) is 14.9 Å². The van der Waals surface area contributed by atoms with Crippen LogP contribution in [0.1, 0.15) is 12.0 Å². The van der Waals surface area contributed by atoms with Crippen LogP contribution in [0.2, 0.25) is 0 Å². The molecule has 6 nitrogen and oxygen atoms in total. The van der Waals surface area contributed by atoms with E-state index >= 15 is 0 Å². The van der Waals surface area contributed by atoms with Crippen molar-refractivity contribution < 1.29 is 4.74 Å². The minimum atomic E-state index is 0.406. The van der Waals surface area contributed by atoms with Gasteiger partial charge >= 0.3 is 0 Å². The number of nitrogens with zero attached hydrogens (tertiary/aromatic N) is 4. The highest BCUT2D eigenvalue weighted by molar-refractivity contribution is 5.43. The van der Waals surface area contributed by atoms with E-state index in [4.69, 9.17) is 9.72 Å². The van der Waals surface area contributed by atoms with Gasteiger partial charge in [-0.15, -0.1) is 0 Å². The van der Waals surface area contributed by atoms with Gasteiger partial charge in [0.1, 0.15) is 5.82 Å². The van der Waals surface area contributed by atoms with Crippen LogP contribution in [0.5, 0.6) is 0 Å². The molecule has 0 amide bonds. The molecule has 0 radical (unpaired) electrons. The van der Waals surface area contributed by atoms with E-state index in [2.05, 4.69) is 50.4 Å². The summed E-state index contributed by atoms with van der Waals surface area (Å²) in [5.41, 5.74) is 1.37. The molecule has 1 atom stereocenters. The van der Waals surface area contributed by atoms with Crippen molar-refractivity contribution in [2.45, 2.75) is 19.0 Å². The monoisotopic (exact) mass is 339 g/mol. The third-order valence-electron chi connectivity index (χ3n) is 4.83. The lowest BCUT2D eigenvalue weighted by Crippen LogP contribution is -2.37. The highest BCUT2D eigenvalue weighted by Crippen LogP contribution is 2.18. The number of likely N-dealkylation sites (tertiary alicyclic amines) is 1. The Labute approximate surface area is 148 Å². The second-order valence-electron chi connectivity index (χ2n) is 6.69. The van der Waals surface area contributed by atoms with Gasteiger partial charge in [0, 0.05) is 45.0 Å². The van der Waals surface area contributed by atoms with Crippen LogP contribution < -0.4 is 10.2 Å². The molecule has 2 aliphatic rings. The SMILES string of the molecule is c1ccc(CN2CCC(Nc3nccc(N4CCOCC4)n3)C2)cc1. The highest BCUT2D eigenvalue weighted by atomic mass is 16.5. The van der Waals surface area contributed by atoms with Gasteiger partial charge in [-0.1, -0.05) is 30.3 Å². The molecule has 0 saturated carbocycles. The van der Waals surface area contributed by atoms with Gasteiger partial charge in [0.15, 0.2) is 0 Å². The molecule has 0 aliphatic carbocycles. The first-order valence-corrected chi connectivity index (χ1v) is 9.05. The Balaban J connectivity index is 1.33. The number of rotatable bonds is 5. The predicted octanol–water partition coefficient (Wildman–Crippen LogP) is 2.00. The number of anilines is 2. The maximum absolute atomic E-state index is 5.41. The van der Waals surface area contributed by atoms with E-state index in [1.807, 2.05) is 12.3 Å². The number of morpholine rings is 1. The Kier molecular flexibility index (Phi) is 5.09. The topological polar surface area (TPSA) is 53.5 Å². The fourth-order valence-corrected chi connectivity index (χ4v) is 3.51. The summed E-state index contributed by atoms with van der Waals surface area (Å²) in [5.74, 6) is 1.72. The summed E-state index contributed by atoms with van der Waals surface area (Å²) >= 11 is 0. The van der Waals surface area contributed by atoms with E-state index in [0.717, 1.165) is 64.1 Å². The second kappa shape index (κ2) is 7.80. The Hall–Kier alpha value is -2.18. The van der Waals surface area contributed by atoms with Crippen LogP contribution >= 0.6 is 0 Å². The summed E-state index contributed by atoms with van der Waals surface area (Å²) in [6, 6.07) is 13.0. The molecule has 2 aromatic rings. The van der Waals surface area contributed by atoms with Crippen LogP contribution in [0.25, 0.3) is 0 Å². The fraction of sp³-hybridized carbons (Fsp3) is 0.474. The Morgan fingerprint density at radius 2 is 1.92 bits per heavy atom.